The van der Waals surface area contributed by atoms with Crippen LogP contribution in [0.25, 0.3) is 0 Å². The van der Waals surface area contributed by atoms with Gasteiger partial charge in [0.2, 0.25) is 0 Å². The summed E-state index contributed by atoms with van der Waals surface area (Å²) in [5.41, 5.74) is 1.30. The molecule has 4 heteroatoms. The van der Waals surface area contributed by atoms with Crippen molar-refractivity contribution in [2.75, 3.05) is 6.54 Å². The van der Waals surface area contributed by atoms with E-state index in [1.54, 1.807) is 0 Å². The molecule has 0 aliphatic carbocycles. The predicted octanol–water partition coefficient (Wildman–Crippen LogP) is 3.25. The van der Waals surface area contributed by atoms with Gasteiger partial charge in [-0.1, -0.05) is 19.9 Å². The number of nitrogens with zero attached hydrogens (tertiary/aromatic N) is 2. The normalized spacial score (nSPS) is 12.8. The Bertz CT molecular complexity index is 447. The van der Waals surface area contributed by atoms with E-state index in [1.807, 2.05) is 17.5 Å². The van der Waals surface area contributed by atoms with E-state index in [9.17, 15) is 0 Å². The Morgan fingerprint density at radius 1 is 1.39 bits per heavy atom. The Kier molecular flexibility index (Phi) is 4.96. The zero-order chi connectivity index (χ0) is 12.8. The molecule has 2 rings (SSSR count). The third-order valence-electron chi connectivity index (χ3n) is 2.98. The number of rotatable bonds is 7. The predicted molar refractivity (Wildman–Crippen MR) is 77.0 cm³/mol. The van der Waals surface area contributed by atoms with Gasteiger partial charge in [0.05, 0.1) is 11.7 Å². The molecule has 1 atom stereocenters. The van der Waals surface area contributed by atoms with Crippen molar-refractivity contribution in [2.45, 2.75) is 39.3 Å². The lowest BCUT2D eigenvalue weighted by molar-refractivity contribution is 0.480. The molecule has 18 heavy (non-hydrogen) atoms. The highest BCUT2D eigenvalue weighted by molar-refractivity contribution is 7.09. The van der Waals surface area contributed by atoms with Crippen LogP contribution in [0.5, 0.6) is 0 Å². The molecule has 1 unspecified atom stereocenters. The fourth-order valence-corrected chi connectivity index (χ4v) is 2.95. The molecule has 0 radical (unpaired) electrons. The molecule has 0 saturated heterocycles. The van der Waals surface area contributed by atoms with Gasteiger partial charge < -0.3 is 5.32 Å². The van der Waals surface area contributed by atoms with Gasteiger partial charge in [0, 0.05) is 24.0 Å². The Morgan fingerprint density at radius 3 is 2.94 bits per heavy atom. The monoisotopic (exact) mass is 263 g/mol. The number of likely N-dealkylation sites (N-methyl/N-ethyl adjacent to an activating group) is 1. The van der Waals surface area contributed by atoms with Gasteiger partial charge in [-0.25, -0.2) is 0 Å². The zero-order valence-corrected chi connectivity index (χ0v) is 11.9. The summed E-state index contributed by atoms with van der Waals surface area (Å²) in [5.74, 6) is 0. The van der Waals surface area contributed by atoms with E-state index in [-0.39, 0.29) is 0 Å². The van der Waals surface area contributed by atoms with Crippen molar-refractivity contribution in [1.82, 2.24) is 15.1 Å². The van der Waals surface area contributed by atoms with Crippen molar-refractivity contribution >= 4 is 11.3 Å². The van der Waals surface area contributed by atoms with E-state index in [0.29, 0.717) is 6.04 Å². The van der Waals surface area contributed by atoms with Crippen molar-refractivity contribution in [1.29, 1.82) is 0 Å². The van der Waals surface area contributed by atoms with Crippen LogP contribution in [0.1, 0.15) is 36.9 Å². The Balaban J connectivity index is 2.15. The molecule has 0 aliphatic heterocycles. The number of nitrogens with one attached hydrogen (secondary N) is 1. The van der Waals surface area contributed by atoms with Gasteiger partial charge in [0.1, 0.15) is 0 Å². The Labute approximate surface area is 113 Å². The van der Waals surface area contributed by atoms with Crippen molar-refractivity contribution in [3.63, 3.8) is 0 Å². The molecule has 0 bridgehead atoms. The minimum atomic E-state index is 0.364. The van der Waals surface area contributed by atoms with E-state index < -0.39 is 0 Å². The van der Waals surface area contributed by atoms with Gasteiger partial charge in [-0.05, 0) is 30.5 Å². The molecule has 0 aliphatic rings. The first-order valence-corrected chi connectivity index (χ1v) is 7.50. The van der Waals surface area contributed by atoms with E-state index in [0.717, 1.165) is 25.9 Å². The van der Waals surface area contributed by atoms with Crippen LogP contribution in [0.3, 0.4) is 0 Å². The summed E-state index contributed by atoms with van der Waals surface area (Å²) in [6, 6.07) is 6.82. The van der Waals surface area contributed by atoms with Gasteiger partial charge >= 0.3 is 0 Å². The van der Waals surface area contributed by atoms with E-state index in [4.69, 9.17) is 0 Å². The lowest BCUT2D eigenvalue weighted by Gasteiger charge is -2.18. The first-order valence-electron chi connectivity index (χ1n) is 6.62. The number of aryl methyl sites for hydroxylation is 1. The third-order valence-corrected chi connectivity index (χ3v) is 3.88. The molecule has 1 N–H and O–H groups in total. The molecule has 2 aromatic rings. The number of hydrogen-bond acceptors (Lipinski definition) is 3. The molecule has 98 valence electrons. The van der Waals surface area contributed by atoms with Crippen LogP contribution in [-0.4, -0.2) is 16.3 Å². The molecule has 2 heterocycles. The second-order valence-electron chi connectivity index (χ2n) is 4.37. The quantitative estimate of drug-likeness (QED) is 0.831. The second-order valence-corrected chi connectivity index (χ2v) is 5.41. The first-order chi connectivity index (χ1) is 8.85. The molecule has 3 nitrogen and oxygen atoms in total. The lowest BCUT2D eigenvalue weighted by atomic mass is 10.1. The first kappa shape index (κ1) is 13.3. The summed E-state index contributed by atoms with van der Waals surface area (Å²) < 4.78 is 2.13. The van der Waals surface area contributed by atoms with Crippen LogP contribution < -0.4 is 5.32 Å². The van der Waals surface area contributed by atoms with Crippen LogP contribution in [0, 0.1) is 0 Å². The molecule has 0 aromatic carbocycles. The average Bonchev–Trinajstić information content (AvgIpc) is 3.00. The second kappa shape index (κ2) is 6.71. The fourth-order valence-electron chi connectivity index (χ4n) is 2.20. The minimum Gasteiger partial charge on any atom is -0.309 e. The maximum absolute atomic E-state index is 4.42. The van der Waals surface area contributed by atoms with Crippen LogP contribution in [0.4, 0.5) is 0 Å². The van der Waals surface area contributed by atoms with Crippen LogP contribution >= 0.6 is 11.3 Å². The highest BCUT2D eigenvalue weighted by Crippen LogP contribution is 2.21. The molecular weight excluding hydrogens is 242 g/mol. The lowest BCUT2D eigenvalue weighted by Crippen LogP contribution is -2.25. The van der Waals surface area contributed by atoms with Gasteiger partial charge in [-0.2, -0.15) is 5.10 Å². The molecule has 2 aromatic heterocycles. The van der Waals surface area contributed by atoms with Crippen molar-refractivity contribution in [3.8, 4) is 0 Å². The van der Waals surface area contributed by atoms with Crippen molar-refractivity contribution in [2.24, 2.45) is 0 Å². The maximum atomic E-state index is 4.42. The zero-order valence-electron chi connectivity index (χ0n) is 11.1. The molecule has 0 saturated carbocycles. The SMILES string of the molecule is CCCn1nccc1C(Cc1cccs1)NCC. The fraction of sp³-hybridized carbons (Fsp3) is 0.500. The van der Waals surface area contributed by atoms with Crippen LogP contribution in [-0.2, 0) is 13.0 Å². The largest absolute Gasteiger partial charge is 0.309 e. The van der Waals surface area contributed by atoms with Crippen molar-refractivity contribution < 1.29 is 0 Å². The Morgan fingerprint density at radius 2 is 2.28 bits per heavy atom. The third kappa shape index (κ3) is 3.21. The minimum absolute atomic E-state index is 0.364. The van der Waals surface area contributed by atoms with Gasteiger partial charge in [0.25, 0.3) is 0 Å². The topological polar surface area (TPSA) is 29.9 Å². The van der Waals surface area contributed by atoms with Gasteiger partial charge in [-0.3, -0.25) is 4.68 Å². The summed E-state index contributed by atoms with van der Waals surface area (Å²) in [7, 11) is 0. The summed E-state index contributed by atoms with van der Waals surface area (Å²) in [4.78, 5) is 1.42. The van der Waals surface area contributed by atoms with Crippen LogP contribution in [0.15, 0.2) is 29.8 Å². The van der Waals surface area contributed by atoms with E-state index in [2.05, 4.69) is 52.5 Å². The molecule has 0 spiro atoms. The van der Waals surface area contributed by atoms with Crippen LogP contribution in [0.2, 0.25) is 0 Å². The molecular formula is C14H21N3S. The maximum Gasteiger partial charge on any atom is 0.0557 e. The smallest absolute Gasteiger partial charge is 0.0557 e. The number of thiophene rings is 1. The van der Waals surface area contributed by atoms with Gasteiger partial charge in [0.15, 0.2) is 0 Å². The molecule has 0 fully saturated rings. The summed E-state index contributed by atoms with van der Waals surface area (Å²) in [6.07, 6.45) is 4.07. The highest BCUT2D eigenvalue weighted by Gasteiger charge is 2.15. The van der Waals surface area contributed by atoms with E-state index >= 15 is 0 Å². The average molecular weight is 263 g/mol. The number of hydrogen-bond donors (Lipinski definition) is 1. The van der Waals surface area contributed by atoms with E-state index in [1.165, 1.54) is 10.6 Å². The van der Waals surface area contributed by atoms with Crippen molar-refractivity contribution in [3.05, 3.63) is 40.3 Å². The number of aromatic nitrogens is 2. The Hall–Kier alpha value is -1.13. The van der Waals surface area contributed by atoms with Gasteiger partial charge in [-0.15, -0.1) is 11.3 Å². The highest BCUT2D eigenvalue weighted by atomic mass is 32.1. The summed E-state index contributed by atoms with van der Waals surface area (Å²) >= 11 is 1.82. The summed E-state index contributed by atoms with van der Waals surface area (Å²) in [5, 5.41) is 10.1. The molecule has 0 amide bonds. The summed E-state index contributed by atoms with van der Waals surface area (Å²) in [6.45, 7) is 6.32. The standard InChI is InChI=1S/C14H21N3S/c1-3-9-17-14(7-8-16-17)13(15-4-2)11-12-6-5-10-18-12/h5-8,10,13,15H,3-4,9,11H2,1-2H3.